The van der Waals surface area contributed by atoms with Gasteiger partial charge in [-0.1, -0.05) is 54.1 Å². The fraction of sp³-hybridized carbons (Fsp3) is 0.172. The zero-order valence-corrected chi connectivity index (χ0v) is 20.5. The Morgan fingerprint density at radius 3 is 2.67 bits per heavy atom. The van der Waals surface area contributed by atoms with E-state index in [9.17, 15) is 15.0 Å². The molecule has 0 saturated heterocycles. The van der Waals surface area contributed by atoms with Gasteiger partial charge in [-0.25, -0.2) is 9.78 Å². The van der Waals surface area contributed by atoms with Crippen LogP contribution in [0.2, 0.25) is 5.02 Å². The predicted octanol–water partition coefficient (Wildman–Crippen LogP) is 6.41. The summed E-state index contributed by atoms with van der Waals surface area (Å²) in [6.07, 6.45) is 3.51. The molecule has 0 unspecified atom stereocenters. The maximum absolute atomic E-state index is 11.6. The number of carbonyl (C=O) groups is 1. The molecular weight excluding hydrogens is 478 g/mol. The molecule has 0 aliphatic rings. The van der Waals surface area contributed by atoms with Gasteiger partial charge < -0.3 is 19.7 Å². The summed E-state index contributed by atoms with van der Waals surface area (Å²) >= 11 is 6.10. The zero-order chi connectivity index (χ0) is 25.5. The van der Waals surface area contributed by atoms with Gasteiger partial charge in [-0.05, 0) is 66.1 Å². The summed E-state index contributed by atoms with van der Waals surface area (Å²) in [4.78, 5) is 16.3. The summed E-state index contributed by atoms with van der Waals surface area (Å²) in [5.74, 6) is -0.895. The number of hydrogen-bond donors (Lipinski definition) is 2. The van der Waals surface area contributed by atoms with Crippen molar-refractivity contribution in [3.8, 4) is 5.75 Å². The largest absolute Gasteiger partial charge is 0.490 e. The Morgan fingerprint density at radius 2 is 1.89 bits per heavy atom. The van der Waals surface area contributed by atoms with Crippen LogP contribution in [0.1, 0.15) is 45.8 Å². The number of hydrogen-bond acceptors (Lipinski definition) is 5. The second kappa shape index (κ2) is 11.8. The summed E-state index contributed by atoms with van der Waals surface area (Å²) < 4.78 is 11.8. The van der Waals surface area contributed by atoms with Gasteiger partial charge in [0.1, 0.15) is 24.0 Å². The van der Waals surface area contributed by atoms with E-state index in [4.69, 9.17) is 21.1 Å². The Kier molecular flexibility index (Phi) is 8.33. The van der Waals surface area contributed by atoms with Crippen LogP contribution in [0.25, 0.3) is 23.1 Å². The first-order chi connectivity index (χ1) is 17.5. The van der Waals surface area contributed by atoms with Gasteiger partial charge in [0, 0.05) is 17.0 Å². The van der Waals surface area contributed by atoms with E-state index < -0.39 is 12.1 Å². The topological polar surface area (TPSA) is 88.9 Å². The normalized spacial score (nSPS) is 12.2. The molecule has 0 aliphatic carbocycles. The minimum absolute atomic E-state index is 0.00217. The molecule has 0 radical (unpaired) electrons. The average molecular weight is 504 g/mol. The molecule has 0 fully saturated rings. The van der Waals surface area contributed by atoms with Crippen molar-refractivity contribution in [2.24, 2.45) is 0 Å². The van der Waals surface area contributed by atoms with Gasteiger partial charge in [-0.2, -0.15) is 0 Å². The van der Waals surface area contributed by atoms with Crippen LogP contribution in [-0.2, 0) is 11.3 Å². The van der Waals surface area contributed by atoms with Crippen molar-refractivity contribution >= 4 is 40.6 Å². The molecule has 6 nitrogen and oxygen atoms in total. The lowest BCUT2D eigenvalue weighted by Crippen LogP contribution is -2.15. The molecule has 0 spiro atoms. The lowest BCUT2D eigenvalue weighted by atomic mass is 10.1. The van der Waals surface area contributed by atoms with Gasteiger partial charge in [0.25, 0.3) is 0 Å². The van der Waals surface area contributed by atoms with E-state index in [1.165, 1.54) is 6.07 Å². The van der Waals surface area contributed by atoms with Crippen LogP contribution in [0.15, 0.2) is 72.8 Å². The second-order valence-electron chi connectivity index (χ2n) is 8.13. The van der Waals surface area contributed by atoms with E-state index >= 15 is 0 Å². The van der Waals surface area contributed by atoms with Crippen molar-refractivity contribution in [1.82, 2.24) is 4.98 Å². The highest BCUT2D eigenvalue weighted by Crippen LogP contribution is 2.25. The number of carboxylic acid groups (broad SMARTS) is 1. The van der Waals surface area contributed by atoms with Crippen molar-refractivity contribution in [3.63, 3.8) is 0 Å². The van der Waals surface area contributed by atoms with Crippen LogP contribution >= 0.6 is 11.6 Å². The summed E-state index contributed by atoms with van der Waals surface area (Å²) in [6.45, 7) is 2.25. The third-order valence-electron chi connectivity index (χ3n) is 5.62. The molecule has 2 N–H and O–H groups in total. The molecular formula is C29H26ClNO5. The molecule has 4 rings (SSSR count). The van der Waals surface area contributed by atoms with Crippen LogP contribution in [0, 0.1) is 0 Å². The smallest absolute Gasteiger partial charge is 0.339 e. The fourth-order valence-electron chi connectivity index (χ4n) is 3.82. The summed E-state index contributed by atoms with van der Waals surface area (Å²) in [7, 11) is 0. The molecule has 36 heavy (non-hydrogen) atoms. The number of benzene rings is 3. The lowest BCUT2D eigenvalue weighted by Gasteiger charge is -2.19. The molecule has 1 atom stereocenters. The number of aliphatic hydroxyl groups is 1. The molecule has 184 valence electrons. The minimum atomic E-state index is -1.12. The highest BCUT2D eigenvalue weighted by atomic mass is 35.5. The maximum atomic E-state index is 11.6. The number of aliphatic hydroxyl groups excluding tert-OH is 1. The molecule has 1 heterocycles. The van der Waals surface area contributed by atoms with E-state index in [1.807, 2.05) is 73.7 Å². The molecule has 4 aromatic rings. The van der Waals surface area contributed by atoms with Gasteiger partial charge in [0.05, 0.1) is 17.8 Å². The average Bonchev–Trinajstić information content (AvgIpc) is 2.89. The molecule has 3 aromatic carbocycles. The van der Waals surface area contributed by atoms with Crippen molar-refractivity contribution in [1.29, 1.82) is 0 Å². The second-order valence-corrected chi connectivity index (χ2v) is 8.56. The number of carboxylic acids is 1. The molecule has 0 saturated carbocycles. The first kappa shape index (κ1) is 25.4. The van der Waals surface area contributed by atoms with E-state index in [1.54, 1.807) is 12.1 Å². The molecule has 7 heteroatoms. The third kappa shape index (κ3) is 6.29. The van der Waals surface area contributed by atoms with Gasteiger partial charge in [0.15, 0.2) is 0 Å². The van der Waals surface area contributed by atoms with Crippen molar-refractivity contribution in [2.75, 3.05) is 13.2 Å². The number of aromatic nitrogens is 1. The van der Waals surface area contributed by atoms with E-state index in [2.05, 4.69) is 4.98 Å². The number of ether oxygens (including phenoxy) is 2. The van der Waals surface area contributed by atoms with Crippen molar-refractivity contribution < 1.29 is 24.5 Å². The Morgan fingerprint density at radius 1 is 1.06 bits per heavy atom. The number of pyridine rings is 1. The maximum Gasteiger partial charge on any atom is 0.339 e. The highest BCUT2D eigenvalue weighted by Gasteiger charge is 2.17. The number of aromatic carboxylic acids is 1. The van der Waals surface area contributed by atoms with Gasteiger partial charge in [-0.3, -0.25) is 0 Å². The Labute approximate surface area is 214 Å². The number of fused-ring (bicyclic) bond motifs is 1. The highest BCUT2D eigenvalue weighted by molar-refractivity contribution is 6.31. The Bertz CT molecular complexity index is 1400. The Hall–Kier alpha value is -3.71. The van der Waals surface area contributed by atoms with Crippen LogP contribution in [0.5, 0.6) is 5.75 Å². The van der Waals surface area contributed by atoms with Gasteiger partial charge >= 0.3 is 5.97 Å². The lowest BCUT2D eigenvalue weighted by molar-refractivity contribution is 0.0260. The number of halogens is 1. The SMILES string of the molecule is CCO[C@@H](COc1ccc(CO)cc1C(=O)O)c1cccc(/C=C/c2ccc3ccc(Cl)cc3n2)c1. The predicted molar refractivity (Wildman–Crippen MR) is 141 cm³/mol. The van der Waals surface area contributed by atoms with E-state index in [0.29, 0.717) is 17.2 Å². The van der Waals surface area contributed by atoms with Crippen molar-refractivity contribution in [2.45, 2.75) is 19.6 Å². The van der Waals surface area contributed by atoms with Crippen LogP contribution < -0.4 is 4.74 Å². The summed E-state index contributed by atoms with van der Waals surface area (Å²) in [6, 6.07) is 22.1. The molecule has 1 aromatic heterocycles. The molecule has 0 bridgehead atoms. The fourth-order valence-corrected chi connectivity index (χ4v) is 3.99. The number of rotatable bonds is 10. The van der Waals surface area contributed by atoms with Crippen LogP contribution in [0.4, 0.5) is 0 Å². The first-order valence-corrected chi connectivity index (χ1v) is 11.9. The third-order valence-corrected chi connectivity index (χ3v) is 5.85. The number of nitrogens with zero attached hydrogens (tertiary/aromatic N) is 1. The van der Waals surface area contributed by atoms with E-state index in [0.717, 1.165) is 27.7 Å². The Balaban J connectivity index is 1.52. The summed E-state index contributed by atoms with van der Waals surface area (Å²) in [5.41, 5.74) is 4.01. The first-order valence-electron chi connectivity index (χ1n) is 11.5. The zero-order valence-electron chi connectivity index (χ0n) is 19.7. The van der Waals surface area contributed by atoms with Gasteiger partial charge in [-0.15, -0.1) is 0 Å². The van der Waals surface area contributed by atoms with Gasteiger partial charge in [0.2, 0.25) is 0 Å². The standard InChI is InChI=1S/C29H26ClNO5/c1-2-35-28(18-36-27-13-7-20(17-32)15-25(27)29(33)34)22-5-3-4-19(14-22)6-11-24-12-9-21-8-10-23(30)16-26(21)31-24/h3-16,28,32H,2,17-18H2,1H3,(H,33,34)/b11-6+/t28-/m0/s1. The quantitative estimate of drug-likeness (QED) is 0.260. The van der Waals surface area contributed by atoms with Crippen LogP contribution in [-0.4, -0.2) is 34.4 Å². The molecule has 0 aliphatic heterocycles. The minimum Gasteiger partial charge on any atom is -0.490 e. The van der Waals surface area contributed by atoms with E-state index in [-0.39, 0.29) is 24.5 Å². The van der Waals surface area contributed by atoms with Crippen LogP contribution in [0.3, 0.4) is 0 Å². The van der Waals surface area contributed by atoms with Crippen molar-refractivity contribution in [3.05, 3.63) is 106 Å². The monoisotopic (exact) mass is 503 g/mol. The molecule has 0 amide bonds. The summed E-state index contributed by atoms with van der Waals surface area (Å²) in [5, 5.41) is 20.5.